The largest absolute Gasteiger partial charge is 0.502 e. The molecule has 0 saturated carbocycles. The van der Waals surface area contributed by atoms with E-state index >= 15 is 0 Å². The fourth-order valence-corrected chi connectivity index (χ4v) is 5.35. The summed E-state index contributed by atoms with van der Waals surface area (Å²) in [5.41, 5.74) is 0.488. The van der Waals surface area contributed by atoms with Crippen molar-refractivity contribution in [1.82, 2.24) is 4.57 Å². The Labute approximate surface area is 224 Å². The predicted octanol–water partition coefficient (Wildman–Crippen LogP) is 3.69. The van der Waals surface area contributed by atoms with Gasteiger partial charge >= 0.3 is 11.7 Å². The van der Waals surface area contributed by atoms with Crippen LogP contribution in [0.25, 0.3) is 11.8 Å². The molecule has 1 aliphatic rings. The smallest absolute Gasteiger partial charge is 0.338 e. The van der Waals surface area contributed by atoms with Gasteiger partial charge in [-0.15, -0.1) is 0 Å². The molecule has 5 rings (SSSR count). The van der Waals surface area contributed by atoms with Crippen molar-refractivity contribution < 1.29 is 24.0 Å². The number of aromatic hydroxyl groups is 1. The molecule has 39 heavy (non-hydrogen) atoms. The van der Waals surface area contributed by atoms with E-state index in [-0.39, 0.29) is 27.1 Å². The predicted molar refractivity (Wildman–Crippen MR) is 142 cm³/mol. The lowest BCUT2D eigenvalue weighted by Crippen LogP contribution is -2.40. The maximum atomic E-state index is 13.9. The number of aromatic nitrogens is 1. The molecule has 1 aromatic heterocycles. The number of phenolic OH excluding ortho intramolecular Hbond substituents is 1. The maximum Gasteiger partial charge on any atom is 0.338 e. The minimum Gasteiger partial charge on any atom is -0.502 e. The van der Waals surface area contributed by atoms with Crippen LogP contribution in [-0.4, -0.2) is 27.2 Å². The van der Waals surface area contributed by atoms with E-state index in [1.165, 1.54) is 47.0 Å². The number of carbonyl (C=O) groups excluding carboxylic acids is 1. The Hall–Kier alpha value is -4.90. The first kappa shape index (κ1) is 25.7. The first-order valence-electron chi connectivity index (χ1n) is 11.8. The van der Waals surface area contributed by atoms with Gasteiger partial charge in [0.25, 0.3) is 5.56 Å². The minimum atomic E-state index is -1.00. The van der Waals surface area contributed by atoms with E-state index in [9.17, 15) is 29.2 Å². The highest BCUT2D eigenvalue weighted by Gasteiger charge is 2.35. The average molecular weight is 546 g/mol. The molecular weight excluding hydrogens is 525 g/mol. The summed E-state index contributed by atoms with van der Waals surface area (Å²) in [6.07, 6.45) is 1.34. The number of nitrogens with zero attached hydrogens (tertiary/aromatic N) is 3. The van der Waals surface area contributed by atoms with Crippen molar-refractivity contribution in [3.63, 3.8) is 0 Å². The molecule has 1 atom stereocenters. The number of rotatable bonds is 6. The number of fused-ring (bicyclic) bond motifs is 1. The van der Waals surface area contributed by atoms with Gasteiger partial charge < -0.3 is 9.84 Å². The summed E-state index contributed by atoms with van der Waals surface area (Å²) >= 11 is 0.994. The molecule has 4 aromatic rings. The third-order valence-electron chi connectivity index (χ3n) is 6.09. The van der Waals surface area contributed by atoms with Crippen molar-refractivity contribution in [1.29, 1.82) is 0 Å². The van der Waals surface area contributed by atoms with E-state index in [0.717, 1.165) is 17.4 Å². The molecule has 0 bridgehead atoms. The topological polar surface area (TPSA) is 124 Å². The van der Waals surface area contributed by atoms with Gasteiger partial charge in [-0.05, 0) is 30.7 Å². The second kappa shape index (κ2) is 10.5. The van der Waals surface area contributed by atoms with Crippen molar-refractivity contribution in [2.45, 2.75) is 13.0 Å². The zero-order chi connectivity index (χ0) is 27.7. The molecule has 0 radical (unpaired) electrons. The van der Waals surface area contributed by atoms with Gasteiger partial charge in [0.15, 0.2) is 4.80 Å². The summed E-state index contributed by atoms with van der Waals surface area (Å²) in [4.78, 5) is 42.6. The fraction of sp³-hybridized carbons (Fsp3) is 0.107. The number of phenols is 1. The Morgan fingerprint density at radius 2 is 1.87 bits per heavy atom. The Morgan fingerprint density at radius 3 is 2.54 bits per heavy atom. The van der Waals surface area contributed by atoms with Crippen LogP contribution in [0, 0.1) is 15.9 Å². The number of hydrogen-bond acceptors (Lipinski definition) is 8. The van der Waals surface area contributed by atoms with Crippen molar-refractivity contribution in [2.75, 3.05) is 6.61 Å². The van der Waals surface area contributed by atoms with Crippen molar-refractivity contribution in [3.05, 3.63) is 131 Å². The average Bonchev–Trinajstić information content (AvgIpc) is 3.24. The van der Waals surface area contributed by atoms with Crippen LogP contribution in [0.4, 0.5) is 10.1 Å². The number of halogens is 1. The van der Waals surface area contributed by atoms with Gasteiger partial charge in [-0.2, -0.15) is 0 Å². The monoisotopic (exact) mass is 545 g/mol. The maximum absolute atomic E-state index is 13.9. The highest BCUT2D eigenvalue weighted by Crippen LogP contribution is 2.35. The highest BCUT2D eigenvalue weighted by atomic mass is 32.1. The van der Waals surface area contributed by atoms with Gasteiger partial charge in [-0.3, -0.25) is 19.5 Å². The summed E-state index contributed by atoms with van der Waals surface area (Å²) in [7, 11) is 0. The van der Waals surface area contributed by atoms with E-state index in [1.54, 1.807) is 31.2 Å². The second-order valence-corrected chi connectivity index (χ2v) is 9.46. The van der Waals surface area contributed by atoms with Gasteiger partial charge in [0, 0.05) is 17.2 Å². The van der Waals surface area contributed by atoms with E-state index in [4.69, 9.17) is 4.74 Å². The Bertz CT molecular complexity index is 1810. The van der Waals surface area contributed by atoms with Crippen LogP contribution < -0.4 is 14.9 Å². The molecule has 0 unspecified atom stereocenters. The lowest BCUT2D eigenvalue weighted by Gasteiger charge is -2.25. The molecule has 1 N–H and O–H groups in total. The first-order chi connectivity index (χ1) is 18.8. The van der Waals surface area contributed by atoms with Gasteiger partial charge in [0.1, 0.15) is 5.82 Å². The Kier molecular flexibility index (Phi) is 6.90. The van der Waals surface area contributed by atoms with E-state index in [1.807, 2.05) is 6.07 Å². The van der Waals surface area contributed by atoms with Crippen LogP contribution in [0.5, 0.6) is 5.75 Å². The Balaban J connectivity index is 1.83. The molecule has 196 valence electrons. The third-order valence-corrected chi connectivity index (χ3v) is 7.07. The van der Waals surface area contributed by atoms with Crippen LogP contribution in [0.2, 0.25) is 0 Å². The van der Waals surface area contributed by atoms with E-state index in [0.29, 0.717) is 16.8 Å². The van der Waals surface area contributed by atoms with E-state index < -0.39 is 39.7 Å². The lowest BCUT2D eigenvalue weighted by atomic mass is 9.93. The van der Waals surface area contributed by atoms with Crippen LogP contribution in [0.1, 0.15) is 29.7 Å². The normalized spacial score (nSPS) is 15.0. The summed E-state index contributed by atoms with van der Waals surface area (Å²) in [5.74, 6) is -1.75. The third kappa shape index (κ3) is 4.75. The number of thiazole rings is 1. The number of ether oxygens (including phenoxy) is 1. The zero-order valence-corrected chi connectivity index (χ0v) is 21.2. The molecule has 3 aromatic carbocycles. The SMILES string of the molecule is CCOC(=O)C1=C(c2ccccc2)N=c2s/c(=C/c3cccc([N+](=O)[O-])c3O)c(=O)n2[C@H]1c1ccc(F)cc1. The fourth-order valence-electron chi connectivity index (χ4n) is 4.35. The molecule has 11 heteroatoms. The highest BCUT2D eigenvalue weighted by molar-refractivity contribution is 7.07. The summed E-state index contributed by atoms with van der Waals surface area (Å²) < 4.78 is 20.7. The number of nitro groups is 1. The summed E-state index contributed by atoms with van der Waals surface area (Å²) in [6, 6.07) is 17.4. The molecular formula is C28H20FN3O6S. The van der Waals surface area contributed by atoms with Crippen molar-refractivity contribution >= 4 is 34.8 Å². The molecule has 0 amide bonds. The van der Waals surface area contributed by atoms with Crippen LogP contribution in [0.15, 0.2) is 88.2 Å². The number of benzene rings is 3. The van der Waals surface area contributed by atoms with E-state index in [2.05, 4.69) is 4.99 Å². The second-order valence-electron chi connectivity index (χ2n) is 8.46. The molecule has 2 heterocycles. The van der Waals surface area contributed by atoms with Crippen LogP contribution >= 0.6 is 11.3 Å². The van der Waals surface area contributed by atoms with Crippen LogP contribution in [0.3, 0.4) is 0 Å². The van der Waals surface area contributed by atoms with Gasteiger partial charge in [-0.1, -0.05) is 65.9 Å². The summed E-state index contributed by atoms with van der Waals surface area (Å²) in [5, 5.41) is 21.7. The van der Waals surface area contributed by atoms with Gasteiger partial charge in [0.2, 0.25) is 5.75 Å². The lowest BCUT2D eigenvalue weighted by molar-refractivity contribution is -0.385. The molecule has 0 saturated heterocycles. The first-order valence-corrected chi connectivity index (χ1v) is 12.6. The molecule has 9 nitrogen and oxygen atoms in total. The number of carbonyl (C=O) groups is 1. The van der Waals surface area contributed by atoms with Crippen molar-refractivity contribution in [2.24, 2.45) is 4.99 Å². The molecule has 1 aliphatic heterocycles. The summed E-state index contributed by atoms with van der Waals surface area (Å²) in [6.45, 7) is 1.74. The molecule has 0 spiro atoms. The molecule has 0 aliphatic carbocycles. The van der Waals surface area contributed by atoms with Gasteiger partial charge in [0.05, 0.1) is 33.4 Å². The van der Waals surface area contributed by atoms with Crippen molar-refractivity contribution in [3.8, 4) is 5.75 Å². The zero-order valence-electron chi connectivity index (χ0n) is 20.4. The number of hydrogen-bond donors (Lipinski definition) is 1. The molecule has 0 fully saturated rings. The number of esters is 1. The number of para-hydroxylation sites is 1. The van der Waals surface area contributed by atoms with Crippen LogP contribution in [-0.2, 0) is 9.53 Å². The number of nitro benzene ring substituents is 1. The Morgan fingerprint density at radius 1 is 1.15 bits per heavy atom. The van der Waals surface area contributed by atoms with Gasteiger partial charge in [-0.25, -0.2) is 14.2 Å². The minimum absolute atomic E-state index is 0.0701. The standard InChI is InChI=1S/C28H20FN3O6S/c1-2-38-27(35)22-23(16-7-4-3-5-8-16)30-28-31(24(22)17-11-13-19(29)14-12-17)26(34)21(39-28)15-18-9-6-10-20(25(18)33)32(36)37/h3-15,24,33H,2H2,1H3/b21-15+/t24-/m0/s1. The quantitative estimate of drug-likeness (QED) is 0.224.